The Kier molecular flexibility index (Phi) is 5.50. The summed E-state index contributed by atoms with van der Waals surface area (Å²) < 4.78 is 0. The Bertz CT molecular complexity index is 760. The minimum Gasteiger partial charge on any atom is -0.331 e. The van der Waals surface area contributed by atoms with E-state index in [9.17, 15) is 14.9 Å². The Balaban J connectivity index is 2.03. The van der Waals surface area contributed by atoms with Crippen LogP contribution in [0.2, 0.25) is 0 Å². The molecule has 1 aromatic carbocycles. The molecule has 8 heteroatoms. The van der Waals surface area contributed by atoms with E-state index in [-0.39, 0.29) is 17.8 Å². The number of nitro benzene ring substituents is 1. The van der Waals surface area contributed by atoms with Gasteiger partial charge in [0.05, 0.1) is 28.2 Å². The van der Waals surface area contributed by atoms with Crippen LogP contribution in [-0.2, 0) is 6.54 Å². The summed E-state index contributed by atoms with van der Waals surface area (Å²) in [5.41, 5.74) is 2.19. The number of aryl methyl sites for hydroxylation is 2. The van der Waals surface area contributed by atoms with Crippen LogP contribution in [0.15, 0.2) is 23.6 Å². The second-order valence-corrected chi connectivity index (χ2v) is 6.75. The fourth-order valence-corrected chi connectivity index (χ4v) is 2.87. The van der Waals surface area contributed by atoms with Crippen molar-refractivity contribution in [3.8, 4) is 0 Å². The van der Waals surface area contributed by atoms with Gasteiger partial charge in [-0.25, -0.2) is 9.78 Å². The minimum atomic E-state index is -0.413. The maximum atomic E-state index is 12.3. The number of hydrogen-bond donors (Lipinski definition) is 1. The van der Waals surface area contributed by atoms with Crippen LogP contribution in [0.1, 0.15) is 34.8 Å². The molecule has 0 bridgehead atoms. The highest BCUT2D eigenvalue weighted by Gasteiger charge is 2.18. The van der Waals surface area contributed by atoms with Gasteiger partial charge in [0, 0.05) is 24.1 Å². The van der Waals surface area contributed by atoms with Crippen molar-refractivity contribution in [2.45, 2.75) is 33.4 Å². The molecule has 1 unspecified atom stereocenters. The molecule has 2 rings (SSSR count). The van der Waals surface area contributed by atoms with Crippen molar-refractivity contribution in [3.63, 3.8) is 0 Å². The maximum absolute atomic E-state index is 12.3. The van der Waals surface area contributed by atoms with Crippen LogP contribution < -0.4 is 5.32 Å². The summed E-state index contributed by atoms with van der Waals surface area (Å²) in [7, 11) is 1.69. The number of nitrogens with zero attached hydrogens (tertiary/aromatic N) is 3. The predicted octanol–water partition coefficient (Wildman–Crippen LogP) is 3.57. The lowest BCUT2D eigenvalue weighted by atomic mass is 10.0. The highest BCUT2D eigenvalue weighted by molar-refractivity contribution is 7.09. The molecule has 7 nitrogen and oxygen atoms in total. The van der Waals surface area contributed by atoms with Gasteiger partial charge in [0.15, 0.2) is 0 Å². The minimum absolute atomic E-state index is 0.0555. The molecule has 2 aromatic rings. The van der Waals surface area contributed by atoms with Gasteiger partial charge in [0.2, 0.25) is 0 Å². The number of nitrogens with one attached hydrogen (secondary N) is 1. The Hall–Kier alpha value is -2.48. The van der Waals surface area contributed by atoms with E-state index in [0.29, 0.717) is 17.7 Å². The van der Waals surface area contributed by atoms with E-state index in [1.807, 2.05) is 12.3 Å². The van der Waals surface area contributed by atoms with E-state index in [4.69, 9.17) is 0 Å². The van der Waals surface area contributed by atoms with Crippen LogP contribution in [0.5, 0.6) is 0 Å². The number of thiazole rings is 1. The number of nitro groups is 1. The molecule has 1 heterocycles. The topological polar surface area (TPSA) is 88.4 Å². The first-order valence-corrected chi connectivity index (χ1v) is 8.33. The number of hydrogen-bond acceptors (Lipinski definition) is 5. The van der Waals surface area contributed by atoms with Crippen LogP contribution in [0, 0.1) is 24.0 Å². The molecular formula is C16H20N4O3S. The quantitative estimate of drug-likeness (QED) is 0.661. The first-order valence-electron chi connectivity index (χ1n) is 7.45. The van der Waals surface area contributed by atoms with Crippen molar-refractivity contribution in [1.82, 2.24) is 15.2 Å². The largest absolute Gasteiger partial charge is 0.331 e. The molecule has 0 saturated carbocycles. The average molecular weight is 348 g/mol. The van der Waals surface area contributed by atoms with Crippen molar-refractivity contribution >= 4 is 23.1 Å². The van der Waals surface area contributed by atoms with Crippen molar-refractivity contribution in [3.05, 3.63) is 55.5 Å². The molecule has 0 fully saturated rings. The van der Waals surface area contributed by atoms with Crippen LogP contribution in [0.3, 0.4) is 0 Å². The zero-order chi connectivity index (χ0) is 17.9. The van der Waals surface area contributed by atoms with Gasteiger partial charge in [0.1, 0.15) is 0 Å². The van der Waals surface area contributed by atoms with Gasteiger partial charge in [-0.15, -0.1) is 11.3 Å². The number of carbonyl (C=O) groups is 1. The van der Waals surface area contributed by atoms with E-state index in [1.54, 1.807) is 44.4 Å². The molecule has 0 aliphatic rings. The lowest BCUT2D eigenvalue weighted by molar-refractivity contribution is -0.385. The normalized spacial score (nSPS) is 11.8. The lowest BCUT2D eigenvalue weighted by Crippen LogP contribution is -2.38. The number of rotatable bonds is 5. The highest BCUT2D eigenvalue weighted by atomic mass is 32.1. The molecule has 1 N–H and O–H groups in total. The summed E-state index contributed by atoms with van der Waals surface area (Å²) >= 11 is 1.54. The van der Waals surface area contributed by atoms with Crippen molar-refractivity contribution in [1.29, 1.82) is 0 Å². The van der Waals surface area contributed by atoms with Gasteiger partial charge >= 0.3 is 6.03 Å². The van der Waals surface area contributed by atoms with E-state index in [2.05, 4.69) is 10.3 Å². The summed E-state index contributed by atoms with van der Waals surface area (Å²) in [5, 5.41) is 16.8. The van der Waals surface area contributed by atoms with Crippen molar-refractivity contribution in [2.75, 3.05) is 7.05 Å². The summed E-state index contributed by atoms with van der Waals surface area (Å²) in [6, 6.07) is 4.40. The first-order chi connectivity index (χ1) is 11.3. The molecule has 1 atom stereocenters. The summed E-state index contributed by atoms with van der Waals surface area (Å²) in [4.78, 5) is 28.8. The summed E-state index contributed by atoms with van der Waals surface area (Å²) in [5.74, 6) is 0. The molecule has 0 aliphatic carbocycles. The van der Waals surface area contributed by atoms with Gasteiger partial charge in [-0.1, -0.05) is 12.1 Å². The second kappa shape index (κ2) is 7.39. The molecule has 1 aromatic heterocycles. The van der Waals surface area contributed by atoms with Crippen molar-refractivity contribution < 1.29 is 9.72 Å². The van der Waals surface area contributed by atoms with E-state index < -0.39 is 4.92 Å². The smallest absolute Gasteiger partial charge is 0.317 e. The van der Waals surface area contributed by atoms with Gasteiger partial charge in [-0.05, 0) is 26.3 Å². The third-order valence-corrected chi connectivity index (χ3v) is 4.50. The standard InChI is InChI=1S/C16H20N4O3S/c1-10-5-6-13(7-15(10)20(22)23)11(2)17-16(21)19(4)8-14-9-24-12(3)18-14/h5-7,9,11H,8H2,1-4H3,(H,17,21). The SMILES string of the molecule is Cc1nc(CN(C)C(=O)NC(C)c2ccc(C)c([N+](=O)[O-])c2)cs1. The molecule has 2 amide bonds. The first kappa shape index (κ1) is 17.9. The van der Waals surface area contributed by atoms with Crippen molar-refractivity contribution in [2.24, 2.45) is 0 Å². The number of carbonyl (C=O) groups excluding carboxylic acids is 1. The van der Waals surface area contributed by atoms with Crippen LogP contribution in [0.4, 0.5) is 10.5 Å². The van der Waals surface area contributed by atoms with Gasteiger partial charge < -0.3 is 10.2 Å². The fraction of sp³-hybridized carbons (Fsp3) is 0.375. The molecule has 0 aliphatic heterocycles. The number of amides is 2. The monoisotopic (exact) mass is 348 g/mol. The molecular weight excluding hydrogens is 328 g/mol. The number of benzene rings is 1. The number of urea groups is 1. The second-order valence-electron chi connectivity index (χ2n) is 5.69. The Morgan fingerprint density at radius 1 is 1.46 bits per heavy atom. The molecule has 128 valence electrons. The summed E-state index contributed by atoms with van der Waals surface area (Å²) in [6.45, 7) is 5.82. The molecule has 0 saturated heterocycles. The van der Waals surface area contributed by atoms with Gasteiger partial charge in [-0.3, -0.25) is 10.1 Å². The summed E-state index contributed by atoms with van der Waals surface area (Å²) in [6.07, 6.45) is 0. The Morgan fingerprint density at radius 2 is 2.17 bits per heavy atom. The molecule has 0 spiro atoms. The average Bonchev–Trinajstić information content (AvgIpc) is 2.92. The van der Waals surface area contributed by atoms with Crippen LogP contribution in [-0.4, -0.2) is 27.9 Å². The zero-order valence-corrected chi connectivity index (χ0v) is 14.9. The van der Waals surface area contributed by atoms with Crippen LogP contribution >= 0.6 is 11.3 Å². The zero-order valence-electron chi connectivity index (χ0n) is 14.1. The molecule has 24 heavy (non-hydrogen) atoms. The Labute approximate surface area is 144 Å². The fourth-order valence-electron chi connectivity index (χ4n) is 2.27. The lowest BCUT2D eigenvalue weighted by Gasteiger charge is -2.21. The third kappa shape index (κ3) is 4.29. The van der Waals surface area contributed by atoms with E-state index >= 15 is 0 Å². The maximum Gasteiger partial charge on any atom is 0.317 e. The highest BCUT2D eigenvalue weighted by Crippen LogP contribution is 2.23. The van der Waals surface area contributed by atoms with E-state index in [0.717, 1.165) is 10.7 Å². The van der Waals surface area contributed by atoms with Gasteiger partial charge in [0.25, 0.3) is 5.69 Å². The predicted molar refractivity (Wildman–Crippen MR) is 93.1 cm³/mol. The van der Waals surface area contributed by atoms with Crippen LogP contribution in [0.25, 0.3) is 0 Å². The molecule has 0 radical (unpaired) electrons. The Morgan fingerprint density at radius 3 is 2.75 bits per heavy atom. The van der Waals surface area contributed by atoms with E-state index in [1.165, 1.54) is 11.0 Å². The number of aromatic nitrogens is 1. The third-order valence-electron chi connectivity index (χ3n) is 3.68. The van der Waals surface area contributed by atoms with Gasteiger partial charge in [-0.2, -0.15) is 0 Å².